The van der Waals surface area contributed by atoms with Crippen molar-refractivity contribution in [2.45, 2.75) is 49.3 Å². The number of phenolic OH excluding ortho intramolecular Hbond substituents is 1. The van der Waals surface area contributed by atoms with E-state index in [1.54, 1.807) is 55.4 Å². The summed E-state index contributed by atoms with van der Waals surface area (Å²) >= 11 is 0. The minimum atomic E-state index is -2.68. The van der Waals surface area contributed by atoms with Crippen LogP contribution in [0.4, 0.5) is 8.78 Å². The van der Waals surface area contributed by atoms with Gasteiger partial charge in [-0.2, -0.15) is 0 Å². The number of hydrogen-bond donors (Lipinski definition) is 1. The largest absolute Gasteiger partial charge is 0.507 e. The van der Waals surface area contributed by atoms with Crippen molar-refractivity contribution in [3.8, 4) is 28.6 Å². The number of nitrogens with zero attached hydrogens (tertiary/aromatic N) is 4. The van der Waals surface area contributed by atoms with E-state index >= 15 is 0 Å². The van der Waals surface area contributed by atoms with Crippen LogP contribution in [0.3, 0.4) is 0 Å². The SMILES string of the molecule is BCC[C@@]1(B)C[C@@H](Oc2ccc(-c3ccc(-n4ccnc4)cc3O)nn2)CCC1(F)F. The van der Waals surface area contributed by atoms with Crippen LogP contribution in [-0.4, -0.2) is 52.6 Å². The first-order valence-electron chi connectivity index (χ1n) is 10.5. The van der Waals surface area contributed by atoms with Gasteiger partial charge >= 0.3 is 0 Å². The predicted octanol–water partition coefficient (Wildman–Crippen LogP) is 2.83. The summed E-state index contributed by atoms with van der Waals surface area (Å²) in [6, 6.07) is 8.60. The second kappa shape index (κ2) is 8.32. The summed E-state index contributed by atoms with van der Waals surface area (Å²) in [6.45, 7) is 0. The van der Waals surface area contributed by atoms with Crippen molar-refractivity contribution in [3.63, 3.8) is 0 Å². The Morgan fingerprint density at radius 2 is 2.06 bits per heavy atom. The van der Waals surface area contributed by atoms with Crippen LogP contribution in [0.15, 0.2) is 49.1 Å². The molecule has 0 unspecified atom stereocenters. The predicted molar refractivity (Wildman–Crippen MR) is 119 cm³/mol. The minimum absolute atomic E-state index is 0.0685. The lowest BCUT2D eigenvalue weighted by molar-refractivity contribution is -0.0991. The first-order chi connectivity index (χ1) is 14.8. The number of phenols is 1. The molecular weight excluding hydrogens is 400 g/mol. The summed E-state index contributed by atoms with van der Waals surface area (Å²) in [5.74, 6) is -2.31. The molecule has 6 nitrogen and oxygen atoms in total. The number of benzene rings is 1. The van der Waals surface area contributed by atoms with Crippen molar-refractivity contribution >= 4 is 15.7 Å². The van der Waals surface area contributed by atoms with E-state index in [2.05, 4.69) is 15.2 Å². The Bertz CT molecular complexity index is 1030. The topological polar surface area (TPSA) is 73.1 Å². The lowest BCUT2D eigenvalue weighted by Crippen LogP contribution is -2.44. The molecule has 4 rings (SSSR count). The molecule has 160 valence electrons. The average Bonchev–Trinajstić information content (AvgIpc) is 3.27. The van der Waals surface area contributed by atoms with E-state index in [1.807, 2.05) is 13.9 Å². The van der Waals surface area contributed by atoms with Gasteiger partial charge in [0.2, 0.25) is 11.8 Å². The van der Waals surface area contributed by atoms with Crippen molar-refractivity contribution in [2.24, 2.45) is 0 Å². The highest BCUT2D eigenvalue weighted by Crippen LogP contribution is 2.54. The summed E-state index contributed by atoms with van der Waals surface area (Å²) < 4.78 is 36.6. The number of imidazole rings is 1. The monoisotopic (exact) mass is 424 g/mol. The van der Waals surface area contributed by atoms with Crippen LogP contribution in [0.2, 0.25) is 11.6 Å². The van der Waals surface area contributed by atoms with Crippen LogP contribution in [0, 0.1) is 0 Å². The third-order valence-electron chi connectivity index (χ3n) is 6.13. The van der Waals surface area contributed by atoms with E-state index in [-0.39, 0.29) is 31.1 Å². The van der Waals surface area contributed by atoms with Gasteiger partial charge in [-0.05, 0) is 31.0 Å². The van der Waals surface area contributed by atoms with Crippen LogP contribution in [-0.2, 0) is 0 Å². The highest BCUT2D eigenvalue weighted by Gasteiger charge is 2.53. The number of aromatic nitrogens is 4. The van der Waals surface area contributed by atoms with E-state index in [9.17, 15) is 13.9 Å². The zero-order valence-corrected chi connectivity index (χ0v) is 17.6. The van der Waals surface area contributed by atoms with Gasteiger partial charge < -0.3 is 14.4 Å². The Morgan fingerprint density at radius 3 is 2.71 bits per heavy atom. The maximum Gasteiger partial charge on any atom is 0.246 e. The molecule has 0 spiro atoms. The Kier molecular flexibility index (Phi) is 5.73. The molecule has 0 aliphatic heterocycles. The van der Waals surface area contributed by atoms with Gasteiger partial charge in [-0.25, -0.2) is 13.8 Å². The molecule has 1 saturated carbocycles. The Labute approximate surface area is 181 Å². The van der Waals surface area contributed by atoms with Gasteiger partial charge in [-0.3, -0.25) is 0 Å². The fraction of sp³-hybridized carbons (Fsp3) is 0.381. The molecule has 1 aliphatic carbocycles. The van der Waals surface area contributed by atoms with Crippen LogP contribution in [0.5, 0.6) is 11.6 Å². The van der Waals surface area contributed by atoms with E-state index < -0.39 is 11.2 Å². The van der Waals surface area contributed by atoms with Crippen LogP contribution in [0.25, 0.3) is 16.9 Å². The quantitative estimate of drug-likeness (QED) is 0.617. The summed E-state index contributed by atoms with van der Waals surface area (Å²) in [5.41, 5.74) is 1.81. The molecule has 1 N–H and O–H groups in total. The first kappa shape index (κ1) is 21.3. The lowest BCUT2D eigenvalue weighted by Gasteiger charge is -2.44. The Balaban J connectivity index is 1.47. The number of aromatic hydroxyl groups is 1. The van der Waals surface area contributed by atoms with E-state index in [4.69, 9.17) is 4.74 Å². The second-order valence-electron chi connectivity index (χ2n) is 8.43. The third-order valence-corrected chi connectivity index (χ3v) is 6.13. The molecular formula is C21H24B2F2N4O2. The Morgan fingerprint density at radius 1 is 1.23 bits per heavy atom. The van der Waals surface area contributed by atoms with Gasteiger partial charge in [0.15, 0.2) is 0 Å². The molecule has 0 saturated heterocycles. The zero-order chi connectivity index (χ0) is 22.1. The second-order valence-corrected chi connectivity index (χ2v) is 8.43. The normalized spacial score (nSPS) is 22.8. The highest BCUT2D eigenvalue weighted by molar-refractivity contribution is 6.17. The van der Waals surface area contributed by atoms with Crippen molar-refractivity contribution in [3.05, 3.63) is 49.1 Å². The fourth-order valence-corrected chi connectivity index (χ4v) is 4.34. The van der Waals surface area contributed by atoms with Gasteiger partial charge in [0.1, 0.15) is 27.5 Å². The molecule has 1 aromatic carbocycles. The standard InChI is InChI=1S/C21H24B2F2N4O2/c22-8-7-20(23)12-15(5-6-21(20,24)25)31-19-4-3-17(27-28-19)16-2-1-14(11-18(16)30)29-10-9-26-13-29/h1-4,9-11,13,15,30H,5-8,12,22-23H2/t15-,20+/m0/s1. The van der Waals surface area contributed by atoms with E-state index in [0.29, 0.717) is 29.9 Å². The molecule has 0 bridgehead atoms. The van der Waals surface area contributed by atoms with Crippen LogP contribution in [0.1, 0.15) is 25.7 Å². The van der Waals surface area contributed by atoms with Crippen molar-refractivity contribution in [1.29, 1.82) is 0 Å². The van der Waals surface area contributed by atoms with Gasteiger partial charge in [-0.1, -0.05) is 12.7 Å². The highest BCUT2D eigenvalue weighted by atomic mass is 19.3. The van der Waals surface area contributed by atoms with Crippen molar-refractivity contribution < 1.29 is 18.6 Å². The molecule has 10 heteroatoms. The average molecular weight is 424 g/mol. The molecule has 31 heavy (non-hydrogen) atoms. The Hall–Kier alpha value is -2.90. The van der Waals surface area contributed by atoms with Gasteiger partial charge in [0.05, 0.1) is 17.7 Å². The fourth-order valence-electron chi connectivity index (χ4n) is 4.34. The van der Waals surface area contributed by atoms with Crippen LogP contribution < -0.4 is 4.74 Å². The molecule has 2 aromatic heterocycles. The summed E-state index contributed by atoms with van der Waals surface area (Å²) in [7, 11) is 3.57. The smallest absolute Gasteiger partial charge is 0.246 e. The minimum Gasteiger partial charge on any atom is -0.507 e. The zero-order valence-electron chi connectivity index (χ0n) is 17.6. The lowest BCUT2D eigenvalue weighted by atomic mass is 9.54. The molecule has 1 fully saturated rings. The summed E-state index contributed by atoms with van der Waals surface area (Å²) in [6.07, 6.45) is 6.32. The summed E-state index contributed by atoms with van der Waals surface area (Å²) in [4.78, 5) is 4.00. The maximum absolute atomic E-state index is 14.4. The number of alkyl halides is 2. The number of hydrogen-bond acceptors (Lipinski definition) is 5. The van der Waals surface area contributed by atoms with Gasteiger partial charge in [0.25, 0.3) is 0 Å². The van der Waals surface area contributed by atoms with E-state index in [1.165, 1.54) is 0 Å². The number of rotatable bonds is 6. The summed E-state index contributed by atoms with van der Waals surface area (Å²) in [5, 5.41) is 17.6. The maximum atomic E-state index is 14.4. The van der Waals surface area contributed by atoms with Crippen LogP contribution >= 0.6 is 0 Å². The molecule has 2 heterocycles. The van der Waals surface area contributed by atoms with Crippen molar-refractivity contribution in [1.82, 2.24) is 19.7 Å². The molecule has 0 amide bonds. The number of ether oxygens (including phenoxy) is 1. The van der Waals surface area contributed by atoms with Gasteiger partial charge in [0, 0.05) is 41.8 Å². The van der Waals surface area contributed by atoms with E-state index in [0.717, 1.165) is 5.69 Å². The first-order valence-corrected chi connectivity index (χ1v) is 10.5. The van der Waals surface area contributed by atoms with Gasteiger partial charge in [-0.15, -0.1) is 10.2 Å². The third kappa shape index (κ3) is 4.29. The molecule has 3 aromatic rings. The molecule has 2 atom stereocenters. The molecule has 1 aliphatic rings. The molecule has 0 radical (unpaired) electrons. The number of halogens is 2. The van der Waals surface area contributed by atoms with Crippen molar-refractivity contribution in [2.75, 3.05) is 0 Å².